The summed E-state index contributed by atoms with van der Waals surface area (Å²) in [4.78, 5) is 30.2. The monoisotopic (exact) mass is 447 g/mol. The lowest BCUT2D eigenvalue weighted by Gasteiger charge is -2.31. The van der Waals surface area contributed by atoms with Crippen LogP contribution < -0.4 is 10.2 Å². The first kappa shape index (κ1) is 22.1. The Balaban J connectivity index is 1.60. The van der Waals surface area contributed by atoms with Gasteiger partial charge in [0.15, 0.2) is 0 Å². The van der Waals surface area contributed by atoms with Gasteiger partial charge in [0.2, 0.25) is 5.91 Å². The second-order valence-electron chi connectivity index (χ2n) is 8.34. The molecule has 2 aliphatic heterocycles. The number of pyridine rings is 1. The average Bonchev–Trinajstić information content (AvgIpc) is 3.12. The fraction of sp³-hybridized carbons (Fsp3) is 0.435. The minimum absolute atomic E-state index is 0.0758. The first-order chi connectivity index (χ1) is 15.1. The zero-order chi connectivity index (χ0) is 23.0. The Morgan fingerprint density at radius 3 is 2.72 bits per heavy atom. The van der Waals surface area contributed by atoms with Crippen LogP contribution in [0.4, 0.5) is 24.7 Å². The van der Waals surface area contributed by atoms with Gasteiger partial charge in [0.1, 0.15) is 5.82 Å². The number of cyclic esters (lactones) is 1. The van der Waals surface area contributed by atoms with E-state index in [1.807, 2.05) is 24.0 Å². The Bertz CT molecular complexity index is 1070. The van der Waals surface area contributed by atoms with E-state index in [0.717, 1.165) is 23.6 Å². The van der Waals surface area contributed by atoms with Crippen molar-refractivity contribution < 1.29 is 27.5 Å². The summed E-state index contributed by atoms with van der Waals surface area (Å²) >= 11 is 0. The molecule has 3 heterocycles. The van der Waals surface area contributed by atoms with E-state index < -0.39 is 29.5 Å². The van der Waals surface area contributed by atoms with Crippen molar-refractivity contribution in [3.05, 3.63) is 52.2 Å². The van der Waals surface area contributed by atoms with Crippen molar-refractivity contribution in [2.24, 2.45) is 5.92 Å². The van der Waals surface area contributed by atoms with Gasteiger partial charge >= 0.3 is 12.1 Å². The zero-order valence-corrected chi connectivity index (χ0v) is 17.9. The molecule has 0 aliphatic carbocycles. The lowest BCUT2D eigenvalue weighted by molar-refractivity contribution is -0.142. The third kappa shape index (κ3) is 4.56. The molecule has 1 unspecified atom stereocenters. The van der Waals surface area contributed by atoms with Gasteiger partial charge in [-0.2, -0.15) is 13.2 Å². The van der Waals surface area contributed by atoms with Crippen molar-refractivity contribution in [1.82, 2.24) is 4.98 Å². The largest absolute Gasteiger partial charge is 0.465 e. The third-order valence-corrected chi connectivity index (χ3v) is 5.93. The molecule has 4 rings (SSSR count). The molecule has 1 amide bonds. The lowest BCUT2D eigenvalue weighted by Crippen LogP contribution is -2.32. The van der Waals surface area contributed by atoms with Gasteiger partial charge in [-0.1, -0.05) is 23.8 Å². The maximum absolute atomic E-state index is 13.9. The number of benzene rings is 1. The van der Waals surface area contributed by atoms with Crippen LogP contribution in [0.5, 0.6) is 0 Å². The summed E-state index contributed by atoms with van der Waals surface area (Å²) in [5, 5.41) is 2.34. The Labute approximate surface area is 183 Å². The van der Waals surface area contributed by atoms with Crippen molar-refractivity contribution >= 4 is 23.4 Å². The Kier molecular flexibility index (Phi) is 5.83. The molecule has 0 saturated carbocycles. The molecule has 170 valence electrons. The van der Waals surface area contributed by atoms with Crippen LogP contribution in [0.1, 0.15) is 40.8 Å². The molecule has 1 N–H and O–H groups in total. The number of aryl methyl sites for hydroxylation is 2. The Morgan fingerprint density at radius 2 is 2.03 bits per heavy atom. The van der Waals surface area contributed by atoms with Gasteiger partial charge in [-0.3, -0.25) is 9.59 Å². The normalized spacial score (nSPS) is 18.3. The van der Waals surface area contributed by atoms with Crippen LogP contribution in [0.3, 0.4) is 0 Å². The number of esters is 1. The molecule has 0 radical (unpaired) electrons. The summed E-state index contributed by atoms with van der Waals surface area (Å²) in [6.45, 7) is 4.69. The van der Waals surface area contributed by atoms with Crippen LogP contribution in [0.15, 0.2) is 24.3 Å². The highest BCUT2D eigenvalue weighted by atomic mass is 19.4. The SMILES string of the molecule is Cc1ccc2c(c1)CCN(c1cc(C(F)(F)F)c(NC(=O)CC3CCOC3=O)c(C)n1)C2. The predicted octanol–water partition coefficient (Wildman–Crippen LogP) is 4.17. The quantitative estimate of drug-likeness (QED) is 0.713. The number of alkyl halides is 3. The minimum Gasteiger partial charge on any atom is -0.465 e. The molecule has 9 heteroatoms. The molecule has 32 heavy (non-hydrogen) atoms. The summed E-state index contributed by atoms with van der Waals surface area (Å²) in [5.74, 6) is -1.58. The van der Waals surface area contributed by atoms with Crippen LogP contribution in [-0.2, 0) is 33.5 Å². The van der Waals surface area contributed by atoms with E-state index in [2.05, 4.69) is 16.4 Å². The standard InChI is InChI=1S/C23H24F3N3O3/c1-13-3-4-17-12-29(7-5-15(17)9-13)19-11-18(23(24,25)26)21(14(2)27-19)28-20(30)10-16-6-8-32-22(16)31/h3-4,9,11,16H,5-8,10,12H2,1-2H3,(H,28,30). The summed E-state index contributed by atoms with van der Waals surface area (Å²) in [5.41, 5.74) is 2.17. The van der Waals surface area contributed by atoms with Crippen molar-refractivity contribution in [2.75, 3.05) is 23.4 Å². The van der Waals surface area contributed by atoms with Crippen LogP contribution in [-0.4, -0.2) is 30.0 Å². The summed E-state index contributed by atoms with van der Waals surface area (Å²) in [7, 11) is 0. The van der Waals surface area contributed by atoms with Crippen LogP contribution >= 0.6 is 0 Å². The molecule has 0 spiro atoms. The highest BCUT2D eigenvalue weighted by Gasteiger charge is 2.37. The van der Waals surface area contributed by atoms with E-state index in [0.29, 0.717) is 19.5 Å². The van der Waals surface area contributed by atoms with E-state index in [1.54, 1.807) is 0 Å². The van der Waals surface area contributed by atoms with Gasteiger partial charge in [-0.25, -0.2) is 4.98 Å². The second-order valence-corrected chi connectivity index (χ2v) is 8.34. The number of hydrogen-bond donors (Lipinski definition) is 1. The third-order valence-electron chi connectivity index (χ3n) is 5.93. The maximum atomic E-state index is 13.9. The number of nitrogens with one attached hydrogen (secondary N) is 1. The first-order valence-electron chi connectivity index (χ1n) is 10.5. The highest BCUT2D eigenvalue weighted by molar-refractivity contribution is 5.95. The number of nitrogens with zero attached hydrogens (tertiary/aromatic N) is 2. The fourth-order valence-electron chi connectivity index (χ4n) is 4.21. The molecule has 1 aromatic heterocycles. The molecule has 1 saturated heterocycles. The number of ether oxygens (including phenoxy) is 1. The average molecular weight is 447 g/mol. The molecule has 1 aromatic carbocycles. The molecule has 2 aromatic rings. The van der Waals surface area contributed by atoms with E-state index in [1.165, 1.54) is 12.5 Å². The number of fused-ring (bicyclic) bond motifs is 1. The van der Waals surface area contributed by atoms with Crippen molar-refractivity contribution in [3.8, 4) is 0 Å². The van der Waals surface area contributed by atoms with Gasteiger partial charge in [-0.05, 0) is 43.9 Å². The molecular weight excluding hydrogens is 423 g/mol. The summed E-state index contributed by atoms with van der Waals surface area (Å²) < 4.78 is 46.5. The number of aromatic nitrogens is 1. The van der Waals surface area contributed by atoms with Crippen molar-refractivity contribution in [2.45, 2.75) is 45.8 Å². The van der Waals surface area contributed by atoms with E-state index in [4.69, 9.17) is 4.74 Å². The first-order valence-corrected chi connectivity index (χ1v) is 10.5. The zero-order valence-electron chi connectivity index (χ0n) is 17.9. The number of halogens is 3. The molecule has 1 atom stereocenters. The topological polar surface area (TPSA) is 71.5 Å². The molecule has 1 fully saturated rings. The smallest absolute Gasteiger partial charge is 0.418 e. The van der Waals surface area contributed by atoms with Gasteiger partial charge in [0.25, 0.3) is 0 Å². The Morgan fingerprint density at radius 1 is 1.25 bits per heavy atom. The number of carbonyl (C=O) groups excluding carboxylic acids is 2. The van der Waals surface area contributed by atoms with Gasteiger partial charge in [0, 0.05) is 19.5 Å². The van der Waals surface area contributed by atoms with Gasteiger partial charge in [0.05, 0.1) is 29.5 Å². The number of rotatable bonds is 4. The Hall–Kier alpha value is -3.10. The van der Waals surface area contributed by atoms with Crippen LogP contribution in [0.2, 0.25) is 0 Å². The van der Waals surface area contributed by atoms with Gasteiger partial charge in [-0.15, -0.1) is 0 Å². The van der Waals surface area contributed by atoms with Crippen molar-refractivity contribution in [1.29, 1.82) is 0 Å². The van der Waals surface area contributed by atoms with Crippen LogP contribution in [0, 0.1) is 19.8 Å². The summed E-state index contributed by atoms with van der Waals surface area (Å²) in [6, 6.07) is 7.08. The molecule has 6 nitrogen and oxygen atoms in total. The van der Waals surface area contributed by atoms with Crippen molar-refractivity contribution in [3.63, 3.8) is 0 Å². The lowest BCUT2D eigenvalue weighted by atomic mass is 9.97. The van der Waals surface area contributed by atoms with E-state index in [-0.39, 0.29) is 30.2 Å². The van der Waals surface area contributed by atoms with E-state index in [9.17, 15) is 22.8 Å². The summed E-state index contributed by atoms with van der Waals surface area (Å²) in [6.07, 6.45) is -3.80. The fourth-order valence-corrected chi connectivity index (χ4v) is 4.21. The number of carbonyl (C=O) groups is 2. The maximum Gasteiger partial charge on any atom is 0.418 e. The van der Waals surface area contributed by atoms with Gasteiger partial charge < -0.3 is 15.0 Å². The highest BCUT2D eigenvalue weighted by Crippen LogP contribution is 2.39. The number of hydrogen-bond acceptors (Lipinski definition) is 5. The van der Waals surface area contributed by atoms with Crippen LogP contribution in [0.25, 0.3) is 0 Å². The molecule has 2 aliphatic rings. The predicted molar refractivity (Wildman–Crippen MR) is 112 cm³/mol. The van der Waals surface area contributed by atoms with E-state index >= 15 is 0 Å². The number of amides is 1. The number of anilines is 2. The molecule has 0 bridgehead atoms. The minimum atomic E-state index is -4.68. The molecular formula is C23H24F3N3O3. The second kappa shape index (κ2) is 8.44.